The molecule has 224 valence electrons. The number of ether oxygens (including phenoxy) is 3. The summed E-state index contributed by atoms with van der Waals surface area (Å²) in [6.07, 6.45) is 11.7. The molecule has 2 fully saturated rings. The zero-order valence-electron chi connectivity index (χ0n) is 26.7. The minimum absolute atomic E-state index is 0.0201. The first kappa shape index (κ1) is 33.6. The fourth-order valence-electron chi connectivity index (χ4n) is 6.23. The molecule has 0 aromatic heterocycles. The summed E-state index contributed by atoms with van der Waals surface area (Å²) in [5.41, 5.74) is -0.506. The first-order valence-corrected chi connectivity index (χ1v) is 18.3. The largest absolute Gasteiger partial charge is 0.444 e. The molecule has 6 atom stereocenters. The van der Waals surface area contributed by atoms with Crippen molar-refractivity contribution in [2.75, 3.05) is 13.9 Å². The number of hydrogen-bond donors (Lipinski definition) is 0. The molecule has 0 unspecified atom stereocenters. The van der Waals surface area contributed by atoms with Gasteiger partial charge < -0.3 is 18.6 Å². The van der Waals surface area contributed by atoms with Crippen LogP contribution in [0.15, 0.2) is 0 Å². The van der Waals surface area contributed by atoms with Gasteiger partial charge in [0.05, 0.1) is 18.2 Å². The highest BCUT2D eigenvalue weighted by Crippen LogP contribution is 2.47. The van der Waals surface area contributed by atoms with Crippen molar-refractivity contribution >= 4 is 14.4 Å². The van der Waals surface area contributed by atoms with Crippen molar-refractivity contribution in [3.8, 4) is 0 Å². The first-order valence-electron chi connectivity index (χ1n) is 15.4. The monoisotopic (exact) mass is 555 g/mol. The van der Waals surface area contributed by atoms with Crippen LogP contribution in [-0.4, -0.2) is 63.1 Å². The van der Waals surface area contributed by atoms with Gasteiger partial charge in [-0.2, -0.15) is 0 Å². The third-order valence-corrected chi connectivity index (χ3v) is 13.8. The summed E-state index contributed by atoms with van der Waals surface area (Å²) in [7, 11) is -0.299. The van der Waals surface area contributed by atoms with Crippen LogP contribution in [0, 0.1) is 11.8 Å². The summed E-state index contributed by atoms with van der Waals surface area (Å²) in [4.78, 5) is 15.7. The van der Waals surface area contributed by atoms with E-state index in [0.29, 0.717) is 24.7 Å². The molecule has 2 aliphatic rings. The molecule has 1 aliphatic heterocycles. The van der Waals surface area contributed by atoms with E-state index in [9.17, 15) is 4.79 Å². The molecule has 38 heavy (non-hydrogen) atoms. The van der Waals surface area contributed by atoms with Crippen LogP contribution in [0.25, 0.3) is 0 Å². The minimum Gasteiger partial charge on any atom is -0.444 e. The van der Waals surface area contributed by atoms with Crippen LogP contribution in [0.1, 0.15) is 120 Å². The van der Waals surface area contributed by atoms with E-state index < -0.39 is 13.9 Å². The van der Waals surface area contributed by atoms with Crippen LogP contribution in [0.5, 0.6) is 0 Å². The zero-order chi connectivity index (χ0) is 28.7. The fraction of sp³-hybridized carbons (Fsp3) is 0.968. The number of unbranched alkanes of at least 4 members (excludes halogenated alkanes) is 1. The van der Waals surface area contributed by atoms with Crippen LogP contribution in [0.4, 0.5) is 4.79 Å². The Morgan fingerprint density at radius 3 is 2.32 bits per heavy atom. The van der Waals surface area contributed by atoms with Gasteiger partial charge in [0, 0.05) is 13.2 Å². The minimum atomic E-state index is -1.99. The Balaban J connectivity index is 2.18. The Bertz CT molecular complexity index is 716. The van der Waals surface area contributed by atoms with E-state index in [4.69, 9.17) is 18.6 Å². The van der Waals surface area contributed by atoms with Crippen molar-refractivity contribution in [3.63, 3.8) is 0 Å². The predicted octanol–water partition coefficient (Wildman–Crippen LogP) is 8.54. The van der Waals surface area contributed by atoms with Crippen LogP contribution >= 0.6 is 0 Å². The van der Waals surface area contributed by atoms with Crippen molar-refractivity contribution in [1.29, 1.82) is 0 Å². The lowest BCUT2D eigenvalue weighted by Crippen LogP contribution is -2.63. The average Bonchev–Trinajstić information content (AvgIpc) is 2.78. The number of rotatable bonds is 12. The Labute approximate surface area is 236 Å². The zero-order valence-corrected chi connectivity index (χ0v) is 27.7. The van der Waals surface area contributed by atoms with Gasteiger partial charge in [0.1, 0.15) is 12.4 Å². The first-order chi connectivity index (χ1) is 17.6. The van der Waals surface area contributed by atoms with Crippen molar-refractivity contribution in [2.24, 2.45) is 11.8 Å². The molecular weight excluding hydrogens is 494 g/mol. The molecule has 1 aliphatic carbocycles. The highest BCUT2D eigenvalue weighted by atomic mass is 28.4. The lowest BCUT2D eigenvalue weighted by molar-refractivity contribution is -0.0803. The van der Waals surface area contributed by atoms with Crippen LogP contribution < -0.4 is 0 Å². The van der Waals surface area contributed by atoms with E-state index in [1.807, 2.05) is 20.8 Å². The van der Waals surface area contributed by atoms with Gasteiger partial charge in [0.2, 0.25) is 0 Å². The molecule has 1 heterocycles. The SMILES string of the molecule is CCC[C@@H](CCCC[C@H]1CCC[C@@H]2[C@H]1C[C@@H](O[Si](C)(C)C(C)(C)C)[C@H](C)N2C(=O)OC(C)(C)C)OCOC. The molecule has 0 spiro atoms. The quantitative estimate of drug-likeness (QED) is 0.137. The maximum absolute atomic E-state index is 13.6. The number of methoxy groups -OCH3 is 1. The number of likely N-dealkylation sites (tertiary alicyclic amines) is 1. The van der Waals surface area contributed by atoms with Crippen LogP contribution in [0.3, 0.4) is 0 Å². The number of carbonyl (C=O) groups is 1. The van der Waals surface area contributed by atoms with Gasteiger partial charge in [-0.05, 0) is 83.3 Å². The molecule has 0 bridgehead atoms. The molecule has 6 nitrogen and oxygen atoms in total. The summed E-state index contributed by atoms with van der Waals surface area (Å²) < 4.78 is 24.1. The molecular formula is C31H61NO5Si. The summed E-state index contributed by atoms with van der Waals surface area (Å²) in [5, 5.41) is 0.131. The van der Waals surface area contributed by atoms with E-state index >= 15 is 0 Å². The molecule has 0 radical (unpaired) electrons. The van der Waals surface area contributed by atoms with Crippen molar-refractivity contribution < 1.29 is 23.4 Å². The van der Waals surface area contributed by atoms with E-state index in [1.54, 1.807) is 7.11 Å². The number of carbonyl (C=O) groups excluding carboxylic acids is 1. The maximum atomic E-state index is 13.6. The highest BCUT2D eigenvalue weighted by Gasteiger charge is 2.51. The lowest BCUT2D eigenvalue weighted by atomic mass is 9.68. The normalized spacial score (nSPS) is 27.7. The molecule has 1 amide bonds. The van der Waals surface area contributed by atoms with Crippen LogP contribution in [0.2, 0.25) is 18.1 Å². The van der Waals surface area contributed by atoms with Crippen LogP contribution in [-0.2, 0) is 18.6 Å². The van der Waals surface area contributed by atoms with Crippen molar-refractivity contribution in [3.05, 3.63) is 0 Å². The summed E-state index contributed by atoms with van der Waals surface area (Å²) in [6.45, 7) is 22.2. The second-order valence-corrected chi connectivity index (χ2v) is 19.2. The smallest absolute Gasteiger partial charge is 0.410 e. The molecule has 0 N–H and O–H groups in total. The molecule has 2 rings (SSSR count). The van der Waals surface area contributed by atoms with E-state index in [-0.39, 0.29) is 29.3 Å². The average molecular weight is 556 g/mol. The third kappa shape index (κ3) is 9.48. The van der Waals surface area contributed by atoms with Gasteiger partial charge >= 0.3 is 6.09 Å². The van der Waals surface area contributed by atoms with Gasteiger partial charge in [0.25, 0.3) is 0 Å². The molecule has 7 heteroatoms. The molecule has 0 aromatic carbocycles. The van der Waals surface area contributed by atoms with Gasteiger partial charge in [0.15, 0.2) is 8.32 Å². The summed E-state index contributed by atoms with van der Waals surface area (Å²) in [6, 6.07) is 0.266. The predicted molar refractivity (Wildman–Crippen MR) is 159 cm³/mol. The standard InChI is InChI=1S/C31H61NO5Si/c1-12-16-25(35-22-34-9)19-14-13-17-24-18-15-20-27-26(24)21-28(37-38(10,11)31(6,7)8)23(2)32(27)29(33)36-30(3,4)5/h23-28H,12-22H2,1-11H3/t23-,24-,25-,26-,27+,28+/m0/s1. The van der Waals surface area contributed by atoms with E-state index in [2.05, 4.69) is 52.6 Å². The molecule has 1 saturated heterocycles. The second kappa shape index (κ2) is 14.3. The van der Waals surface area contributed by atoms with E-state index in [1.165, 1.54) is 32.1 Å². The number of nitrogens with zero attached hydrogens (tertiary/aromatic N) is 1. The second-order valence-electron chi connectivity index (χ2n) is 14.5. The van der Waals surface area contributed by atoms with Gasteiger partial charge in [-0.1, -0.05) is 66.2 Å². The van der Waals surface area contributed by atoms with E-state index in [0.717, 1.165) is 32.1 Å². The number of amides is 1. The number of hydrogen-bond acceptors (Lipinski definition) is 5. The Morgan fingerprint density at radius 2 is 1.74 bits per heavy atom. The number of fused-ring (bicyclic) bond motifs is 1. The number of piperidine rings is 1. The van der Waals surface area contributed by atoms with Gasteiger partial charge in [-0.3, -0.25) is 4.90 Å². The maximum Gasteiger partial charge on any atom is 0.410 e. The Morgan fingerprint density at radius 1 is 1.05 bits per heavy atom. The third-order valence-electron chi connectivity index (χ3n) is 9.25. The van der Waals surface area contributed by atoms with Crippen molar-refractivity contribution in [1.82, 2.24) is 4.90 Å². The summed E-state index contributed by atoms with van der Waals surface area (Å²) >= 11 is 0. The Hall–Kier alpha value is -0.633. The van der Waals surface area contributed by atoms with Crippen molar-refractivity contribution in [2.45, 2.75) is 168 Å². The fourth-order valence-corrected chi connectivity index (χ4v) is 7.63. The Kier molecular flexibility index (Phi) is 12.6. The summed E-state index contributed by atoms with van der Waals surface area (Å²) in [5.74, 6) is 1.10. The molecule has 0 aromatic rings. The van der Waals surface area contributed by atoms with Gasteiger partial charge in [-0.25, -0.2) is 4.79 Å². The highest BCUT2D eigenvalue weighted by molar-refractivity contribution is 6.74. The van der Waals surface area contributed by atoms with Gasteiger partial charge in [-0.15, -0.1) is 0 Å². The molecule has 1 saturated carbocycles. The topological polar surface area (TPSA) is 57.2 Å². The lowest BCUT2D eigenvalue weighted by Gasteiger charge is -2.55.